The van der Waals surface area contributed by atoms with Crippen LogP contribution in [0.4, 0.5) is 11.4 Å². The minimum absolute atomic E-state index is 0.138. The van der Waals surface area contributed by atoms with E-state index < -0.39 is 23.6 Å². The first-order valence-corrected chi connectivity index (χ1v) is 14.4. The first-order valence-electron chi connectivity index (χ1n) is 12.8. The fraction of sp³-hybridized carbons (Fsp3) is 0. The van der Waals surface area contributed by atoms with Gasteiger partial charge < -0.3 is 0 Å². The second-order valence-electron chi connectivity index (χ2n) is 9.28. The summed E-state index contributed by atoms with van der Waals surface area (Å²) in [5.41, 5.74) is 1.97. The standard InChI is InChI=1S/C33H20N2O5S2/c36-29-12-13-30(37)34(29)23-8-4-10-25(18-23)41-27-16-22(33(40)21-6-2-1-3-7-21)17-28(20-27)42-26-11-5-9-24(19-26)35-31(38)14-15-32(35)39/h1-20H. The van der Waals surface area contributed by atoms with E-state index in [2.05, 4.69) is 0 Å². The third-order valence-corrected chi connectivity index (χ3v) is 8.34. The molecule has 0 fully saturated rings. The molecule has 6 rings (SSSR count). The molecule has 9 heteroatoms. The Kier molecular flexibility index (Phi) is 7.43. The van der Waals surface area contributed by atoms with Crippen molar-refractivity contribution in [1.29, 1.82) is 0 Å². The van der Waals surface area contributed by atoms with Crippen LogP contribution in [0.25, 0.3) is 0 Å². The van der Waals surface area contributed by atoms with Crippen LogP contribution in [0, 0.1) is 0 Å². The molecule has 0 aromatic heterocycles. The number of anilines is 2. The molecule has 0 atom stereocenters. The molecule has 0 radical (unpaired) electrons. The average molecular weight is 589 g/mol. The van der Waals surface area contributed by atoms with Gasteiger partial charge in [-0.3, -0.25) is 24.0 Å². The minimum Gasteiger partial charge on any atom is -0.289 e. The Morgan fingerprint density at radius 1 is 0.452 bits per heavy atom. The molecule has 0 saturated carbocycles. The zero-order valence-electron chi connectivity index (χ0n) is 21.8. The highest BCUT2D eigenvalue weighted by Crippen LogP contribution is 2.38. The lowest BCUT2D eigenvalue weighted by molar-refractivity contribution is -0.121. The van der Waals surface area contributed by atoms with Crippen LogP contribution in [0.1, 0.15) is 15.9 Å². The number of benzene rings is 4. The number of amides is 4. The average Bonchev–Trinajstić information content (AvgIpc) is 3.52. The molecule has 0 spiro atoms. The SMILES string of the molecule is O=C(c1ccccc1)c1cc(Sc2cccc(N3C(=O)C=CC3=O)c2)cc(Sc2cccc(N3C(=O)C=CC3=O)c2)c1. The zero-order valence-corrected chi connectivity index (χ0v) is 23.4. The van der Waals surface area contributed by atoms with Gasteiger partial charge in [-0.2, -0.15) is 0 Å². The maximum atomic E-state index is 13.5. The summed E-state index contributed by atoms with van der Waals surface area (Å²) >= 11 is 2.80. The molecule has 4 aromatic rings. The van der Waals surface area contributed by atoms with Gasteiger partial charge in [-0.05, 0) is 54.6 Å². The van der Waals surface area contributed by atoms with E-state index in [-0.39, 0.29) is 5.78 Å². The monoisotopic (exact) mass is 588 g/mol. The van der Waals surface area contributed by atoms with Crippen molar-refractivity contribution in [2.45, 2.75) is 19.6 Å². The summed E-state index contributed by atoms with van der Waals surface area (Å²) in [6, 6.07) is 28.7. The van der Waals surface area contributed by atoms with Gasteiger partial charge in [-0.1, -0.05) is 66.0 Å². The van der Waals surface area contributed by atoms with E-state index in [0.29, 0.717) is 22.5 Å². The topological polar surface area (TPSA) is 91.8 Å². The van der Waals surface area contributed by atoms with Crippen LogP contribution in [0.2, 0.25) is 0 Å². The van der Waals surface area contributed by atoms with E-state index in [4.69, 9.17) is 0 Å². The van der Waals surface area contributed by atoms with Gasteiger partial charge in [-0.15, -0.1) is 0 Å². The Bertz CT molecular complexity index is 1710. The lowest BCUT2D eigenvalue weighted by Crippen LogP contribution is -2.29. The summed E-state index contributed by atoms with van der Waals surface area (Å²) in [6.45, 7) is 0. The summed E-state index contributed by atoms with van der Waals surface area (Å²) in [5, 5.41) is 0. The van der Waals surface area contributed by atoms with E-state index in [1.165, 1.54) is 47.8 Å². The molecular weight excluding hydrogens is 569 g/mol. The smallest absolute Gasteiger partial charge is 0.258 e. The number of rotatable bonds is 8. The first-order chi connectivity index (χ1) is 20.4. The fourth-order valence-corrected chi connectivity index (χ4v) is 6.55. The van der Waals surface area contributed by atoms with Gasteiger partial charge >= 0.3 is 0 Å². The maximum Gasteiger partial charge on any atom is 0.258 e. The predicted molar refractivity (Wildman–Crippen MR) is 161 cm³/mol. The summed E-state index contributed by atoms with van der Waals surface area (Å²) in [6.07, 6.45) is 4.97. The Balaban J connectivity index is 1.33. The number of hydrogen-bond acceptors (Lipinski definition) is 7. The highest BCUT2D eigenvalue weighted by molar-refractivity contribution is 8.00. The van der Waals surface area contributed by atoms with Gasteiger partial charge in [0.15, 0.2) is 5.78 Å². The van der Waals surface area contributed by atoms with Gasteiger partial charge in [0.05, 0.1) is 11.4 Å². The van der Waals surface area contributed by atoms with Crippen LogP contribution >= 0.6 is 23.5 Å². The number of hydrogen-bond donors (Lipinski definition) is 0. The molecule has 0 bridgehead atoms. The molecular formula is C33H20N2O5S2. The molecule has 204 valence electrons. The van der Waals surface area contributed by atoms with Gasteiger partial charge in [0.2, 0.25) is 0 Å². The zero-order chi connectivity index (χ0) is 29.2. The molecule has 0 N–H and O–H groups in total. The molecule has 2 aliphatic heterocycles. The van der Waals surface area contributed by atoms with Crippen LogP contribution < -0.4 is 9.80 Å². The summed E-state index contributed by atoms with van der Waals surface area (Å²) in [7, 11) is 0. The van der Waals surface area contributed by atoms with Crippen LogP contribution in [0.3, 0.4) is 0 Å². The number of carbonyl (C=O) groups excluding carboxylic acids is 5. The van der Waals surface area contributed by atoms with E-state index in [1.807, 2.05) is 48.5 Å². The second-order valence-corrected chi connectivity index (χ2v) is 11.6. The number of nitrogens with zero attached hydrogens (tertiary/aromatic N) is 2. The van der Waals surface area contributed by atoms with Crippen LogP contribution in [-0.4, -0.2) is 29.4 Å². The lowest BCUT2D eigenvalue weighted by atomic mass is 10.0. The molecule has 4 amide bonds. The van der Waals surface area contributed by atoms with Crippen LogP contribution in [0.15, 0.2) is 141 Å². The van der Waals surface area contributed by atoms with Crippen LogP contribution in [0.5, 0.6) is 0 Å². The Morgan fingerprint density at radius 3 is 1.36 bits per heavy atom. The number of carbonyl (C=O) groups is 5. The van der Waals surface area contributed by atoms with Crippen molar-refractivity contribution in [2.75, 3.05) is 9.80 Å². The van der Waals surface area contributed by atoms with Crippen molar-refractivity contribution < 1.29 is 24.0 Å². The molecule has 0 saturated heterocycles. The Morgan fingerprint density at radius 2 is 0.905 bits per heavy atom. The van der Waals surface area contributed by atoms with Crippen molar-refractivity contribution in [1.82, 2.24) is 0 Å². The summed E-state index contributed by atoms with van der Waals surface area (Å²) in [4.78, 5) is 67.6. The van der Waals surface area contributed by atoms with Gasteiger partial charge in [0, 0.05) is 55.0 Å². The second kappa shape index (κ2) is 11.5. The molecule has 42 heavy (non-hydrogen) atoms. The quantitative estimate of drug-likeness (QED) is 0.182. The highest BCUT2D eigenvalue weighted by atomic mass is 32.2. The molecule has 0 aliphatic carbocycles. The third kappa shape index (κ3) is 5.60. The minimum atomic E-state index is -0.397. The van der Waals surface area contributed by atoms with Crippen molar-refractivity contribution in [3.63, 3.8) is 0 Å². The van der Waals surface area contributed by atoms with E-state index in [1.54, 1.807) is 48.5 Å². The normalized spacial score (nSPS) is 14.4. The van der Waals surface area contributed by atoms with Crippen molar-refractivity contribution in [3.8, 4) is 0 Å². The predicted octanol–water partition coefficient (Wildman–Crippen LogP) is 6.08. The van der Waals surface area contributed by atoms with Gasteiger partial charge in [0.25, 0.3) is 23.6 Å². The largest absolute Gasteiger partial charge is 0.289 e. The van der Waals surface area contributed by atoms with Gasteiger partial charge in [0.1, 0.15) is 0 Å². The number of imide groups is 2. The van der Waals surface area contributed by atoms with Gasteiger partial charge in [-0.25, -0.2) is 9.80 Å². The number of ketones is 1. The van der Waals surface area contributed by atoms with Crippen molar-refractivity contribution >= 4 is 64.3 Å². The van der Waals surface area contributed by atoms with Crippen molar-refractivity contribution in [3.05, 3.63) is 132 Å². The first kappa shape index (κ1) is 27.2. The van der Waals surface area contributed by atoms with Crippen molar-refractivity contribution in [2.24, 2.45) is 0 Å². The van der Waals surface area contributed by atoms with E-state index in [9.17, 15) is 24.0 Å². The Labute approximate surface area is 249 Å². The van der Waals surface area contributed by atoms with Crippen LogP contribution in [-0.2, 0) is 19.2 Å². The maximum absolute atomic E-state index is 13.5. The van der Waals surface area contributed by atoms with E-state index >= 15 is 0 Å². The summed E-state index contributed by atoms with van der Waals surface area (Å²) in [5.74, 6) is -1.72. The fourth-order valence-electron chi connectivity index (χ4n) is 4.53. The molecule has 7 nitrogen and oxygen atoms in total. The molecule has 2 heterocycles. The third-order valence-electron chi connectivity index (χ3n) is 6.42. The Hall–Kier alpha value is -4.99. The van der Waals surface area contributed by atoms with E-state index in [0.717, 1.165) is 29.4 Å². The molecule has 4 aromatic carbocycles. The lowest BCUT2D eigenvalue weighted by Gasteiger charge is -2.16. The molecule has 2 aliphatic rings. The molecule has 0 unspecified atom stereocenters. The highest BCUT2D eigenvalue weighted by Gasteiger charge is 2.26. The summed E-state index contributed by atoms with van der Waals surface area (Å²) < 4.78 is 0.